The number of nitrogens with one attached hydrogen (secondary N) is 2. The highest BCUT2D eigenvalue weighted by atomic mass is 16.5. The SMILES string of the molecule is Cc1ccc(-c2noc(CN3CCN(C(C)C(=O)NCCc4c[nH]c5ccccc45)CC3)n2)cc1. The first-order valence-corrected chi connectivity index (χ1v) is 12.3. The van der Waals surface area contributed by atoms with E-state index in [1.807, 2.05) is 49.5 Å². The van der Waals surface area contributed by atoms with Crippen LogP contribution >= 0.6 is 0 Å². The van der Waals surface area contributed by atoms with Crippen LogP contribution in [0.15, 0.2) is 59.3 Å². The van der Waals surface area contributed by atoms with E-state index in [-0.39, 0.29) is 11.9 Å². The minimum atomic E-state index is -0.156. The van der Waals surface area contributed by atoms with Crippen molar-refractivity contribution in [1.82, 2.24) is 30.2 Å². The molecular weight excluding hydrogens is 440 g/mol. The number of hydrogen-bond donors (Lipinski definition) is 2. The standard InChI is InChI=1S/C27H32N6O2/c1-19-7-9-21(10-8-19)26-30-25(35-31-26)18-32-13-15-33(16-14-32)20(2)27(34)28-12-11-22-17-29-24-6-4-3-5-23(22)24/h3-10,17,20,29H,11-16,18H2,1-2H3,(H,28,34). The molecule has 1 fully saturated rings. The van der Waals surface area contributed by atoms with E-state index in [0.29, 0.717) is 24.8 Å². The van der Waals surface area contributed by atoms with Gasteiger partial charge < -0.3 is 14.8 Å². The molecule has 2 aromatic heterocycles. The van der Waals surface area contributed by atoms with Gasteiger partial charge in [0.05, 0.1) is 12.6 Å². The average molecular weight is 473 g/mol. The Balaban J connectivity index is 1.06. The van der Waals surface area contributed by atoms with E-state index < -0.39 is 0 Å². The van der Waals surface area contributed by atoms with Gasteiger partial charge in [-0.2, -0.15) is 4.98 Å². The number of aryl methyl sites for hydroxylation is 1. The van der Waals surface area contributed by atoms with Crippen LogP contribution in [0.5, 0.6) is 0 Å². The largest absolute Gasteiger partial charge is 0.361 e. The van der Waals surface area contributed by atoms with E-state index in [1.165, 1.54) is 16.5 Å². The number of carbonyl (C=O) groups excluding carboxylic acids is 1. The van der Waals surface area contributed by atoms with Crippen molar-refractivity contribution < 1.29 is 9.32 Å². The zero-order chi connectivity index (χ0) is 24.2. The van der Waals surface area contributed by atoms with Crippen molar-refractivity contribution in [3.8, 4) is 11.4 Å². The van der Waals surface area contributed by atoms with Gasteiger partial charge in [0, 0.05) is 55.4 Å². The number of hydrogen-bond acceptors (Lipinski definition) is 6. The highest BCUT2D eigenvalue weighted by Crippen LogP contribution is 2.19. The molecule has 35 heavy (non-hydrogen) atoms. The van der Waals surface area contributed by atoms with Crippen molar-refractivity contribution in [2.45, 2.75) is 32.9 Å². The van der Waals surface area contributed by atoms with E-state index in [2.05, 4.69) is 49.3 Å². The second kappa shape index (κ2) is 10.4. The highest BCUT2D eigenvalue weighted by molar-refractivity contribution is 5.83. The summed E-state index contributed by atoms with van der Waals surface area (Å²) in [6.45, 7) is 8.67. The lowest BCUT2D eigenvalue weighted by Gasteiger charge is -2.36. The van der Waals surface area contributed by atoms with Crippen molar-refractivity contribution in [1.29, 1.82) is 0 Å². The Morgan fingerprint density at radius 2 is 1.89 bits per heavy atom. The predicted molar refractivity (Wildman–Crippen MR) is 136 cm³/mol. The monoisotopic (exact) mass is 472 g/mol. The van der Waals surface area contributed by atoms with Crippen LogP contribution in [0.2, 0.25) is 0 Å². The van der Waals surface area contributed by atoms with Gasteiger partial charge in [-0.3, -0.25) is 14.6 Å². The molecule has 3 heterocycles. The smallest absolute Gasteiger partial charge is 0.241 e. The maximum atomic E-state index is 12.8. The number of benzene rings is 2. The minimum Gasteiger partial charge on any atom is -0.361 e. The molecule has 182 valence electrons. The third-order valence-corrected chi connectivity index (χ3v) is 6.84. The molecule has 0 saturated carbocycles. The maximum Gasteiger partial charge on any atom is 0.241 e. The topological polar surface area (TPSA) is 90.3 Å². The number of aromatic nitrogens is 3. The molecule has 1 aliphatic heterocycles. The third-order valence-electron chi connectivity index (χ3n) is 6.84. The fourth-order valence-corrected chi connectivity index (χ4v) is 4.61. The van der Waals surface area contributed by atoms with Crippen LogP contribution in [0.4, 0.5) is 0 Å². The van der Waals surface area contributed by atoms with Gasteiger partial charge in [-0.25, -0.2) is 0 Å². The number of H-pyrrole nitrogens is 1. The van der Waals surface area contributed by atoms with E-state index in [0.717, 1.165) is 43.7 Å². The minimum absolute atomic E-state index is 0.0814. The lowest BCUT2D eigenvalue weighted by Crippen LogP contribution is -2.53. The number of carbonyl (C=O) groups is 1. The Morgan fingerprint density at radius 3 is 2.69 bits per heavy atom. The van der Waals surface area contributed by atoms with Crippen LogP contribution in [0.3, 0.4) is 0 Å². The van der Waals surface area contributed by atoms with Gasteiger partial charge in [0.25, 0.3) is 0 Å². The van der Waals surface area contributed by atoms with Gasteiger partial charge in [0.2, 0.25) is 17.6 Å². The van der Waals surface area contributed by atoms with E-state index in [1.54, 1.807) is 0 Å². The number of piperazine rings is 1. The molecule has 0 aliphatic carbocycles. The summed E-state index contributed by atoms with van der Waals surface area (Å²) in [6.07, 6.45) is 2.84. The number of fused-ring (bicyclic) bond motifs is 1. The molecule has 1 atom stereocenters. The average Bonchev–Trinajstić information content (AvgIpc) is 3.52. The van der Waals surface area contributed by atoms with E-state index in [9.17, 15) is 4.79 Å². The van der Waals surface area contributed by atoms with Crippen LogP contribution in [0.1, 0.15) is 23.9 Å². The molecule has 0 spiro atoms. The highest BCUT2D eigenvalue weighted by Gasteiger charge is 2.26. The molecule has 1 aliphatic rings. The van der Waals surface area contributed by atoms with E-state index in [4.69, 9.17) is 4.52 Å². The van der Waals surface area contributed by atoms with Gasteiger partial charge in [0.1, 0.15) is 0 Å². The first-order chi connectivity index (χ1) is 17.1. The normalized spacial score (nSPS) is 15.9. The van der Waals surface area contributed by atoms with Crippen LogP contribution < -0.4 is 5.32 Å². The van der Waals surface area contributed by atoms with Gasteiger partial charge in [-0.05, 0) is 31.9 Å². The van der Waals surface area contributed by atoms with Crippen molar-refractivity contribution in [2.75, 3.05) is 32.7 Å². The molecule has 2 N–H and O–H groups in total. The van der Waals surface area contributed by atoms with Crippen molar-refractivity contribution >= 4 is 16.8 Å². The molecule has 1 amide bonds. The zero-order valence-corrected chi connectivity index (χ0v) is 20.3. The summed E-state index contributed by atoms with van der Waals surface area (Å²) in [7, 11) is 0. The number of aromatic amines is 1. The fourth-order valence-electron chi connectivity index (χ4n) is 4.61. The Morgan fingerprint density at radius 1 is 1.11 bits per heavy atom. The lowest BCUT2D eigenvalue weighted by atomic mass is 10.1. The van der Waals surface area contributed by atoms with Crippen LogP contribution in [0.25, 0.3) is 22.3 Å². The summed E-state index contributed by atoms with van der Waals surface area (Å²) >= 11 is 0. The summed E-state index contributed by atoms with van der Waals surface area (Å²) < 4.78 is 5.48. The van der Waals surface area contributed by atoms with Crippen molar-refractivity contribution in [2.24, 2.45) is 0 Å². The number of rotatable bonds is 8. The molecule has 2 aromatic carbocycles. The molecule has 4 aromatic rings. The van der Waals surface area contributed by atoms with Crippen LogP contribution in [-0.4, -0.2) is 69.6 Å². The van der Waals surface area contributed by atoms with Crippen LogP contribution in [-0.2, 0) is 17.8 Å². The molecule has 0 radical (unpaired) electrons. The Bertz CT molecular complexity index is 1270. The Kier molecular flexibility index (Phi) is 6.92. The third kappa shape index (κ3) is 5.44. The summed E-state index contributed by atoms with van der Waals surface area (Å²) in [5.74, 6) is 1.33. The lowest BCUT2D eigenvalue weighted by molar-refractivity contribution is -0.126. The number of para-hydroxylation sites is 1. The van der Waals surface area contributed by atoms with Crippen molar-refractivity contribution in [3.05, 3.63) is 71.7 Å². The first kappa shape index (κ1) is 23.3. The molecular formula is C27H32N6O2. The first-order valence-electron chi connectivity index (χ1n) is 12.3. The fraction of sp³-hybridized carbons (Fsp3) is 0.370. The zero-order valence-electron chi connectivity index (χ0n) is 20.3. The molecule has 5 rings (SSSR count). The van der Waals surface area contributed by atoms with Crippen LogP contribution in [0, 0.1) is 6.92 Å². The second-order valence-corrected chi connectivity index (χ2v) is 9.27. The quantitative estimate of drug-likeness (QED) is 0.409. The van der Waals surface area contributed by atoms with Gasteiger partial charge in [-0.15, -0.1) is 0 Å². The maximum absolute atomic E-state index is 12.8. The van der Waals surface area contributed by atoms with Gasteiger partial charge in [0.15, 0.2) is 0 Å². The van der Waals surface area contributed by atoms with Gasteiger partial charge >= 0.3 is 0 Å². The number of amides is 1. The Hall–Kier alpha value is -3.49. The Labute approximate surface area is 205 Å². The second-order valence-electron chi connectivity index (χ2n) is 9.27. The molecule has 8 heteroatoms. The molecule has 0 bridgehead atoms. The summed E-state index contributed by atoms with van der Waals surface area (Å²) in [4.78, 5) is 25.1. The molecule has 1 unspecified atom stereocenters. The van der Waals surface area contributed by atoms with Crippen molar-refractivity contribution in [3.63, 3.8) is 0 Å². The summed E-state index contributed by atoms with van der Waals surface area (Å²) in [5.41, 5.74) is 4.52. The summed E-state index contributed by atoms with van der Waals surface area (Å²) in [6, 6.07) is 16.2. The molecule has 8 nitrogen and oxygen atoms in total. The molecule has 1 saturated heterocycles. The number of nitrogens with zero attached hydrogens (tertiary/aromatic N) is 4. The van der Waals surface area contributed by atoms with Gasteiger partial charge in [-0.1, -0.05) is 53.2 Å². The predicted octanol–water partition coefficient (Wildman–Crippen LogP) is 3.39. The van der Waals surface area contributed by atoms with E-state index >= 15 is 0 Å². The summed E-state index contributed by atoms with van der Waals surface area (Å²) in [5, 5.41) is 8.47.